The molecular formula is C6H15AuP+. The van der Waals surface area contributed by atoms with E-state index in [0.29, 0.717) is 7.92 Å². The second-order valence-corrected chi connectivity index (χ2v) is 4.86. The fourth-order valence-electron chi connectivity index (χ4n) is 0.671. The molecule has 0 rings (SSSR count). The van der Waals surface area contributed by atoms with E-state index in [1.54, 1.807) is 0 Å². The number of hydrogen-bond acceptors (Lipinski definition) is 0. The van der Waals surface area contributed by atoms with Gasteiger partial charge in [0, 0.05) is 0 Å². The molecule has 0 spiro atoms. The van der Waals surface area contributed by atoms with Gasteiger partial charge in [-0.25, -0.2) is 0 Å². The molecule has 0 aliphatic heterocycles. The largest absolute Gasteiger partial charge is 1.00 e. The molecule has 8 heavy (non-hydrogen) atoms. The molecule has 0 unspecified atom stereocenters. The van der Waals surface area contributed by atoms with Crippen molar-refractivity contribution in [2.24, 2.45) is 0 Å². The van der Waals surface area contributed by atoms with Gasteiger partial charge in [-0.15, -0.1) is 7.92 Å². The van der Waals surface area contributed by atoms with Crippen LogP contribution in [0.5, 0.6) is 0 Å². The zero-order valence-electron chi connectivity index (χ0n) is 5.87. The van der Waals surface area contributed by atoms with Gasteiger partial charge in [0.15, 0.2) is 0 Å². The minimum Gasteiger partial charge on any atom is -0.108 e. The van der Waals surface area contributed by atoms with E-state index in [2.05, 4.69) is 20.8 Å². The van der Waals surface area contributed by atoms with Crippen LogP contribution in [-0.4, -0.2) is 18.5 Å². The molecule has 0 saturated carbocycles. The summed E-state index contributed by atoms with van der Waals surface area (Å²) in [4.78, 5) is 0. The predicted octanol–water partition coefficient (Wildman–Crippen LogP) is 2.53. The molecule has 0 aromatic heterocycles. The topological polar surface area (TPSA) is 0 Å². The maximum atomic E-state index is 2.29. The molecule has 0 amide bonds. The average Bonchev–Trinajstić information content (AvgIpc) is 1.72. The summed E-state index contributed by atoms with van der Waals surface area (Å²) in [6, 6.07) is 0. The van der Waals surface area contributed by atoms with Crippen molar-refractivity contribution in [2.75, 3.05) is 18.5 Å². The molecule has 54 valence electrons. The van der Waals surface area contributed by atoms with Gasteiger partial charge in [-0.05, 0) is 18.5 Å². The summed E-state index contributed by atoms with van der Waals surface area (Å²) in [6.45, 7) is 6.87. The van der Waals surface area contributed by atoms with Crippen LogP contribution in [0.4, 0.5) is 0 Å². The Hall–Kier alpha value is 1.17. The second-order valence-electron chi connectivity index (χ2n) is 1.62. The maximum absolute atomic E-state index is 2.29. The molecule has 0 nitrogen and oxygen atoms in total. The molecular weight excluding hydrogens is 300 g/mol. The van der Waals surface area contributed by atoms with E-state index < -0.39 is 0 Å². The molecule has 2 heteroatoms. The van der Waals surface area contributed by atoms with Gasteiger partial charge < -0.3 is 0 Å². The number of rotatable bonds is 3. The minimum atomic E-state index is 0. The van der Waals surface area contributed by atoms with Gasteiger partial charge in [-0.3, -0.25) is 0 Å². The monoisotopic (exact) mass is 315 g/mol. The summed E-state index contributed by atoms with van der Waals surface area (Å²) in [5.41, 5.74) is 0. The van der Waals surface area contributed by atoms with Gasteiger partial charge in [-0.2, -0.15) is 0 Å². The van der Waals surface area contributed by atoms with Crippen molar-refractivity contribution in [1.29, 1.82) is 0 Å². The first-order valence-corrected chi connectivity index (χ1v) is 4.97. The van der Waals surface area contributed by atoms with Gasteiger partial charge in [0.2, 0.25) is 0 Å². The van der Waals surface area contributed by atoms with E-state index in [0.717, 1.165) is 0 Å². The predicted molar refractivity (Wildman–Crippen MR) is 38.5 cm³/mol. The van der Waals surface area contributed by atoms with Crippen molar-refractivity contribution in [1.82, 2.24) is 0 Å². The van der Waals surface area contributed by atoms with E-state index in [9.17, 15) is 0 Å². The summed E-state index contributed by atoms with van der Waals surface area (Å²) < 4.78 is 0. The molecule has 0 aliphatic carbocycles. The van der Waals surface area contributed by atoms with E-state index in [4.69, 9.17) is 0 Å². The summed E-state index contributed by atoms with van der Waals surface area (Å²) in [5.74, 6) is 0. The fraction of sp³-hybridized carbons (Fsp3) is 1.00. The first kappa shape index (κ1) is 11.9. The van der Waals surface area contributed by atoms with Gasteiger partial charge in [0.1, 0.15) is 0 Å². The molecule has 0 radical (unpaired) electrons. The zero-order chi connectivity index (χ0) is 5.70. The third-order valence-electron chi connectivity index (χ3n) is 1.34. The first-order chi connectivity index (χ1) is 3.35. The molecule has 0 fully saturated rings. The smallest absolute Gasteiger partial charge is 0.108 e. The third kappa shape index (κ3) is 5.31. The Labute approximate surface area is 69.7 Å². The summed E-state index contributed by atoms with van der Waals surface area (Å²) in [6.07, 6.45) is 4.26. The molecule has 0 N–H and O–H groups in total. The van der Waals surface area contributed by atoms with Crippen molar-refractivity contribution in [3.8, 4) is 0 Å². The fourth-order valence-corrected chi connectivity index (χ4v) is 2.01. The van der Waals surface area contributed by atoms with Crippen LogP contribution in [-0.2, 0) is 22.4 Å². The normalized spacial score (nSPS) is 9.00. The van der Waals surface area contributed by atoms with E-state index >= 15 is 0 Å². The standard InChI is InChI=1S/C6H15P.Au/c1-4-7(5-2)6-3;/h4-6H2,1-3H3;/q;+1. The van der Waals surface area contributed by atoms with E-state index in [-0.39, 0.29) is 22.4 Å². The maximum Gasteiger partial charge on any atom is 1.00 e. The summed E-state index contributed by atoms with van der Waals surface area (Å²) in [7, 11) is 0.446. The Morgan fingerprint density at radius 2 is 1.12 bits per heavy atom. The van der Waals surface area contributed by atoms with Crippen LogP contribution >= 0.6 is 7.92 Å². The van der Waals surface area contributed by atoms with Gasteiger partial charge in [0.05, 0.1) is 0 Å². The Morgan fingerprint density at radius 1 is 0.875 bits per heavy atom. The number of hydrogen-bond donors (Lipinski definition) is 0. The van der Waals surface area contributed by atoms with Crippen LogP contribution in [0.1, 0.15) is 20.8 Å². The van der Waals surface area contributed by atoms with Crippen molar-refractivity contribution >= 4 is 7.92 Å². The van der Waals surface area contributed by atoms with Gasteiger partial charge in [-0.1, -0.05) is 20.8 Å². The van der Waals surface area contributed by atoms with E-state index in [1.165, 1.54) is 18.5 Å². The van der Waals surface area contributed by atoms with Crippen LogP contribution in [0, 0.1) is 0 Å². The van der Waals surface area contributed by atoms with Crippen LogP contribution < -0.4 is 0 Å². The average molecular weight is 315 g/mol. The summed E-state index contributed by atoms with van der Waals surface area (Å²) >= 11 is 0. The molecule has 0 aromatic carbocycles. The third-order valence-corrected chi connectivity index (χ3v) is 4.02. The van der Waals surface area contributed by atoms with Crippen LogP contribution in [0.15, 0.2) is 0 Å². The van der Waals surface area contributed by atoms with Crippen molar-refractivity contribution in [3.63, 3.8) is 0 Å². The van der Waals surface area contributed by atoms with Crippen molar-refractivity contribution in [3.05, 3.63) is 0 Å². The second kappa shape index (κ2) is 8.17. The Morgan fingerprint density at radius 3 is 1.12 bits per heavy atom. The Bertz CT molecular complexity index is 30.0. The Balaban J connectivity index is 0. The van der Waals surface area contributed by atoms with Gasteiger partial charge in [0.25, 0.3) is 0 Å². The van der Waals surface area contributed by atoms with Crippen molar-refractivity contribution in [2.45, 2.75) is 20.8 Å². The summed E-state index contributed by atoms with van der Waals surface area (Å²) in [5, 5.41) is 0. The van der Waals surface area contributed by atoms with Crippen LogP contribution in [0.3, 0.4) is 0 Å². The quantitative estimate of drug-likeness (QED) is 0.555. The van der Waals surface area contributed by atoms with E-state index in [1.807, 2.05) is 0 Å². The molecule has 0 saturated heterocycles. The van der Waals surface area contributed by atoms with Crippen LogP contribution in [0.25, 0.3) is 0 Å². The first-order valence-electron chi connectivity index (χ1n) is 3.07. The molecule has 0 heterocycles. The van der Waals surface area contributed by atoms with Gasteiger partial charge >= 0.3 is 22.4 Å². The van der Waals surface area contributed by atoms with Crippen LogP contribution in [0.2, 0.25) is 0 Å². The van der Waals surface area contributed by atoms with Crippen molar-refractivity contribution < 1.29 is 22.4 Å². The molecule has 0 aromatic rings. The minimum absolute atomic E-state index is 0. The molecule has 0 aliphatic rings. The SMILES string of the molecule is CCP(CC)CC.[Au+]. The molecule has 0 atom stereocenters. The Kier molecular flexibility index (Phi) is 12.2. The zero-order valence-corrected chi connectivity index (χ0v) is 8.93. The molecule has 0 bridgehead atoms.